The fraction of sp³-hybridized carbons (Fsp3) is 0.417. The SMILES string of the molecule is CC(C)=CC(=O)N(C)Cc1ccc(C)o1. The predicted octanol–water partition coefficient (Wildman–Crippen LogP) is 2.51. The number of likely N-dealkylation sites (N-methyl/N-ethyl adjacent to an activating group) is 1. The third kappa shape index (κ3) is 3.62. The van der Waals surface area contributed by atoms with E-state index in [0.717, 1.165) is 17.1 Å². The monoisotopic (exact) mass is 207 g/mol. The molecule has 1 heterocycles. The molecule has 0 atom stereocenters. The van der Waals surface area contributed by atoms with E-state index in [1.807, 2.05) is 32.9 Å². The van der Waals surface area contributed by atoms with Crippen molar-refractivity contribution in [2.45, 2.75) is 27.3 Å². The van der Waals surface area contributed by atoms with Crippen molar-refractivity contribution in [3.05, 3.63) is 35.3 Å². The summed E-state index contributed by atoms with van der Waals surface area (Å²) in [6.45, 7) is 6.21. The summed E-state index contributed by atoms with van der Waals surface area (Å²) in [6, 6.07) is 3.79. The van der Waals surface area contributed by atoms with Crippen LogP contribution in [0.2, 0.25) is 0 Å². The maximum atomic E-state index is 11.6. The number of amides is 1. The molecular formula is C12H17NO2. The summed E-state index contributed by atoms with van der Waals surface area (Å²) < 4.78 is 5.39. The van der Waals surface area contributed by atoms with Crippen LogP contribution in [0.25, 0.3) is 0 Å². The minimum Gasteiger partial charge on any atom is -0.464 e. The number of hydrogen-bond acceptors (Lipinski definition) is 2. The minimum absolute atomic E-state index is 0.00375. The average molecular weight is 207 g/mol. The first-order valence-electron chi connectivity index (χ1n) is 4.94. The molecule has 15 heavy (non-hydrogen) atoms. The van der Waals surface area contributed by atoms with Crippen molar-refractivity contribution in [3.63, 3.8) is 0 Å². The van der Waals surface area contributed by atoms with E-state index in [9.17, 15) is 4.79 Å². The van der Waals surface area contributed by atoms with E-state index in [2.05, 4.69) is 0 Å². The summed E-state index contributed by atoms with van der Waals surface area (Å²) >= 11 is 0. The third-order valence-electron chi connectivity index (χ3n) is 1.98. The molecular weight excluding hydrogens is 190 g/mol. The first-order valence-corrected chi connectivity index (χ1v) is 4.94. The molecule has 0 bridgehead atoms. The molecule has 1 aromatic rings. The van der Waals surface area contributed by atoms with Crippen molar-refractivity contribution in [2.75, 3.05) is 7.05 Å². The highest BCUT2D eigenvalue weighted by atomic mass is 16.3. The van der Waals surface area contributed by atoms with Gasteiger partial charge in [-0.25, -0.2) is 0 Å². The van der Waals surface area contributed by atoms with Gasteiger partial charge < -0.3 is 9.32 Å². The topological polar surface area (TPSA) is 33.5 Å². The molecule has 0 radical (unpaired) electrons. The Morgan fingerprint density at radius 3 is 2.60 bits per heavy atom. The molecule has 0 saturated carbocycles. The Morgan fingerprint density at radius 2 is 2.13 bits per heavy atom. The van der Waals surface area contributed by atoms with Gasteiger partial charge in [0.15, 0.2) is 0 Å². The summed E-state index contributed by atoms with van der Waals surface area (Å²) in [5, 5.41) is 0. The Balaban J connectivity index is 2.59. The van der Waals surface area contributed by atoms with Gasteiger partial charge >= 0.3 is 0 Å². The fourth-order valence-corrected chi connectivity index (χ4v) is 1.24. The largest absolute Gasteiger partial charge is 0.464 e. The van der Waals surface area contributed by atoms with E-state index >= 15 is 0 Å². The van der Waals surface area contributed by atoms with Crippen LogP contribution in [0, 0.1) is 6.92 Å². The molecule has 0 N–H and O–H groups in total. The number of carbonyl (C=O) groups excluding carboxylic acids is 1. The highest BCUT2D eigenvalue weighted by Gasteiger charge is 2.08. The predicted molar refractivity (Wildman–Crippen MR) is 59.4 cm³/mol. The number of carbonyl (C=O) groups is 1. The Bertz CT molecular complexity index is 373. The maximum Gasteiger partial charge on any atom is 0.246 e. The summed E-state index contributed by atoms with van der Waals surface area (Å²) in [6.07, 6.45) is 1.62. The summed E-state index contributed by atoms with van der Waals surface area (Å²) in [5.41, 5.74) is 1.00. The van der Waals surface area contributed by atoms with Crippen molar-refractivity contribution in [1.82, 2.24) is 4.90 Å². The van der Waals surface area contributed by atoms with Gasteiger partial charge in [-0.05, 0) is 32.9 Å². The Hall–Kier alpha value is -1.51. The third-order valence-corrected chi connectivity index (χ3v) is 1.98. The van der Waals surface area contributed by atoms with Crippen molar-refractivity contribution >= 4 is 5.91 Å². The highest BCUT2D eigenvalue weighted by molar-refractivity contribution is 5.87. The standard InChI is InChI=1S/C12H17NO2/c1-9(2)7-12(14)13(4)8-11-6-5-10(3)15-11/h5-7H,8H2,1-4H3. The van der Waals surface area contributed by atoms with E-state index in [4.69, 9.17) is 4.42 Å². The van der Waals surface area contributed by atoms with Crippen LogP contribution < -0.4 is 0 Å². The first-order chi connectivity index (χ1) is 6.99. The zero-order chi connectivity index (χ0) is 11.4. The van der Waals surface area contributed by atoms with E-state index in [0.29, 0.717) is 6.54 Å². The Morgan fingerprint density at radius 1 is 1.47 bits per heavy atom. The fourth-order valence-electron chi connectivity index (χ4n) is 1.24. The van der Waals surface area contributed by atoms with Gasteiger partial charge in [0.2, 0.25) is 5.91 Å². The highest BCUT2D eigenvalue weighted by Crippen LogP contribution is 2.09. The van der Waals surface area contributed by atoms with Crippen molar-refractivity contribution in [1.29, 1.82) is 0 Å². The van der Waals surface area contributed by atoms with E-state index in [1.165, 1.54) is 0 Å². The van der Waals surface area contributed by atoms with Gasteiger partial charge in [-0.3, -0.25) is 4.79 Å². The van der Waals surface area contributed by atoms with E-state index in [1.54, 1.807) is 18.0 Å². The number of nitrogens with zero attached hydrogens (tertiary/aromatic N) is 1. The quantitative estimate of drug-likeness (QED) is 0.713. The smallest absolute Gasteiger partial charge is 0.246 e. The molecule has 0 aromatic carbocycles. The van der Waals surface area contributed by atoms with Crippen molar-refractivity contribution < 1.29 is 9.21 Å². The van der Waals surface area contributed by atoms with E-state index < -0.39 is 0 Å². The van der Waals surface area contributed by atoms with Crippen LogP contribution in [0.1, 0.15) is 25.4 Å². The molecule has 0 saturated heterocycles. The lowest BCUT2D eigenvalue weighted by Crippen LogP contribution is -2.24. The van der Waals surface area contributed by atoms with Crippen LogP contribution in [-0.4, -0.2) is 17.9 Å². The van der Waals surface area contributed by atoms with Gasteiger partial charge in [-0.15, -0.1) is 0 Å². The number of aryl methyl sites for hydroxylation is 1. The summed E-state index contributed by atoms with van der Waals surface area (Å²) in [4.78, 5) is 13.2. The van der Waals surface area contributed by atoms with Crippen LogP contribution in [-0.2, 0) is 11.3 Å². The number of allylic oxidation sites excluding steroid dienone is 1. The molecule has 1 aromatic heterocycles. The van der Waals surface area contributed by atoms with Gasteiger partial charge in [0, 0.05) is 13.1 Å². The summed E-state index contributed by atoms with van der Waals surface area (Å²) in [7, 11) is 1.76. The van der Waals surface area contributed by atoms with Crippen LogP contribution in [0.5, 0.6) is 0 Å². The molecule has 3 nitrogen and oxygen atoms in total. The van der Waals surface area contributed by atoms with Crippen LogP contribution in [0.15, 0.2) is 28.2 Å². The van der Waals surface area contributed by atoms with Crippen LogP contribution in [0.3, 0.4) is 0 Å². The van der Waals surface area contributed by atoms with Crippen LogP contribution in [0.4, 0.5) is 0 Å². The molecule has 0 spiro atoms. The van der Waals surface area contributed by atoms with Gasteiger partial charge in [-0.1, -0.05) is 5.57 Å². The maximum absolute atomic E-state index is 11.6. The minimum atomic E-state index is 0.00375. The van der Waals surface area contributed by atoms with Gasteiger partial charge in [0.05, 0.1) is 6.54 Å². The second-order valence-corrected chi connectivity index (χ2v) is 3.93. The number of hydrogen-bond donors (Lipinski definition) is 0. The Labute approximate surface area is 90.4 Å². The zero-order valence-corrected chi connectivity index (χ0v) is 9.70. The number of rotatable bonds is 3. The van der Waals surface area contributed by atoms with Crippen molar-refractivity contribution in [2.24, 2.45) is 0 Å². The molecule has 0 aliphatic rings. The van der Waals surface area contributed by atoms with Gasteiger partial charge in [-0.2, -0.15) is 0 Å². The van der Waals surface area contributed by atoms with Gasteiger partial charge in [0.25, 0.3) is 0 Å². The molecule has 0 unspecified atom stereocenters. The molecule has 1 amide bonds. The average Bonchev–Trinajstić information content (AvgIpc) is 2.50. The lowest BCUT2D eigenvalue weighted by Gasteiger charge is -2.13. The molecule has 82 valence electrons. The van der Waals surface area contributed by atoms with E-state index in [-0.39, 0.29) is 5.91 Å². The van der Waals surface area contributed by atoms with Crippen LogP contribution >= 0.6 is 0 Å². The lowest BCUT2D eigenvalue weighted by molar-refractivity contribution is -0.125. The second kappa shape index (κ2) is 4.82. The second-order valence-electron chi connectivity index (χ2n) is 3.93. The molecule has 3 heteroatoms. The normalized spacial score (nSPS) is 9.87. The zero-order valence-electron chi connectivity index (χ0n) is 9.70. The molecule has 1 rings (SSSR count). The van der Waals surface area contributed by atoms with Crippen molar-refractivity contribution in [3.8, 4) is 0 Å². The number of furan rings is 1. The molecule has 0 aliphatic heterocycles. The first kappa shape index (κ1) is 11.6. The molecule has 0 fully saturated rings. The lowest BCUT2D eigenvalue weighted by atomic mass is 10.3. The summed E-state index contributed by atoms with van der Waals surface area (Å²) in [5.74, 6) is 1.68. The molecule has 0 aliphatic carbocycles. The Kier molecular flexibility index (Phi) is 3.72. The van der Waals surface area contributed by atoms with Gasteiger partial charge in [0.1, 0.15) is 11.5 Å².